The van der Waals surface area contributed by atoms with Crippen molar-refractivity contribution in [1.29, 1.82) is 5.26 Å². The molecule has 0 aromatic carbocycles. The van der Waals surface area contributed by atoms with E-state index in [9.17, 15) is 35.5 Å². The van der Waals surface area contributed by atoms with Crippen molar-refractivity contribution in [1.82, 2.24) is 4.90 Å². The van der Waals surface area contributed by atoms with E-state index < -0.39 is 102 Å². The van der Waals surface area contributed by atoms with Gasteiger partial charge in [0.25, 0.3) is 0 Å². The molecule has 3 fully saturated rings. The zero-order valence-corrected chi connectivity index (χ0v) is 35.7. The van der Waals surface area contributed by atoms with Gasteiger partial charge in [-0.15, -0.1) is 0 Å². The number of aliphatic hydroxyl groups excluding tert-OH is 3. The predicted octanol–water partition coefficient (Wildman–Crippen LogP) is 2.44. The van der Waals surface area contributed by atoms with Gasteiger partial charge in [-0.05, 0) is 74.9 Å². The smallest absolute Gasteiger partial charge is 0.311 e. The Morgan fingerprint density at radius 1 is 0.982 bits per heavy atom. The zero-order valence-electron chi connectivity index (χ0n) is 34.8. The largest absolute Gasteiger partial charge is 0.459 e. The van der Waals surface area contributed by atoms with Gasteiger partial charge in [-0.25, -0.2) is 0 Å². The first kappa shape index (κ1) is 49.5. The summed E-state index contributed by atoms with van der Waals surface area (Å²) in [6.07, 6.45) is -9.51. The summed E-state index contributed by atoms with van der Waals surface area (Å²) in [5, 5.41) is 80.4. The maximum Gasteiger partial charge on any atom is 0.311 e. The van der Waals surface area contributed by atoms with Gasteiger partial charge in [0.15, 0.2) is 12.6 Å². The molecule has 0 aromatic rings. The lowest BCUT2D eigenvalue weighted by Crippen LogP contribution is -2.61. The lowest BCUT2D eigenvalue weighted by atomic mass is 9.73. The van der Waals surface area contributed by atoms with Gasteiger partial charge in [0.05, 0.1) is 53.4 Å². The second-order valence-corrected chi connectivity index (χ2v) is 16.9. The number of cyclic esters (lactones) is 1. The molecule has 0 radical (unpaired) electrons. The molecule has 0 amide bonds. The number of thiol groups is 1. The summed E-state index contributed by atoms with van der Waals surface area (Å²) in [4.78, 5) is 16.0. The number of thiocyanates is 1. The topological polar surface area (TPSA) is 233 Å². The van der Waals surface area contributed by atoms with E-state index in [-0.39, 0.29) is 37.1 Å². The van der Waals surface area contributed by atoms with Crippen molar-refractivity contribution in [2.24, 2.45) is 28.8 Å². The van der Waals surface area contributed by atoms with Crippen LogP contribution in [0.5, 0.6) is 0 Å². The molecule has 0 spiro atoms. The molecule has 0 aromatic heterocycles. The Kier molecular flexibility index (Phi) is 18.3. The second-order valence-electron chi connectivity index (χ2n) is 16.7. The normalized spacial score (nSPS) is 47.2. The Bertz CT molecular complexity index is 1300. The Hall–Kier alpha value is -1.66. The van der Waals surface area contributed by atoms with Gasteiger partial charge >= 0.3 is 5.97 Å². The van der Waals surface area contributed by atoms with Crippen LogP contribution in [0.15, 0.2) is 5.16 Å². The molecular weight excluding hydrogens is 738 g/mol. The molecule has 0 unspecified atom stereocenters. The molecule has 6 N–H and O–H groups in total. The van der Waals surface area contributed by atoms with Crippen LogP contribution < -0.4 is 0 Å². The minimum atomic E-state index is -1.97. The van der Waals surface area contributed by atoms with E-state index in [1.807, 2.05) is 25.9 Å². The molecule has 0 aliphatic carbocycles. The minimum Gasteiger partial charge on any atom is -0.459 e. The summed E-state index contributed by atoms with van der Waals surface area (Å²) in [7, 11) is 5.19. The highest BCUT2D eigenvalue weighted by atomic mass is 32.1. The Morgan fingerprint density at radius 2 is 1.56 bits per heavy atom. The Morgan fingerprint density at radius 3 is 2.07 bits per heavy atom. The average molecular weight is 808 g/mol. The highest BCUT2D eigenvalue weighted by molar-refractivity contribution is 7.85. The summed E-state index contributed by atoms with van der Waals surface area (Å²) in [5.74, 6) is -4.24. The van der Waals surface area contributed by atoms with E-state index in [2.05, 4.69) is 17.8 Å². The van der Waals surface area contributed by atoms with Gasteiger partial charge in [0, 0.05) is 37.3 Å². The molecule has 55 heavy (non-hydrogen) atoms. The van der Waals surface area contributed by atoms with Crippen molar-refractivity contribution in [2.45, 2.75) is 179 Å². The number of carbonyl (C=O) groups excluding carboxylic acids is 1. The fourth-order valence-electron chi connectivity index (χ4n) is 8.61. The average Bonchev–Trinajstić information content (AvgIpc) is 3.10. The zero-order chi connectivity index (χ0) is 42.4. The van der Waals surface area contributed by atoms with Crippen molar-refractivity contribution in [3.63, 3.8) is 0 Å². The number of nitriles is 1. The highest BCUT2D eigenvalue weighted by Crippen LogP contribution is 2.41. The number of ether oxygens (including phenoxy) is 6. The Labute approximate surface area is 332 Å². The van der Waals surface area contributed by atoms with E-state index in [0.717, 1.165) is 0 Å². The van der Waals surface area contributed by atoms with Gasteiger partial charge in [-0.3, -0.25) is 4.79 Å². The Balaban J connectivity index is 0.00000337. The number of methoxy groups -OCH3 is 1. The lowest BCUT2D eigenvalue weighted by Gasteiger charge is -2.49. The van der Waals surface area contributed by atoms with E-state index >= 15 is 0 Å². The lowest BCUT2D eigenvalue weighted by molar-refractivity contribution is -0.317. The van der Waals surface area contributed by atoms with Gasteiger partial charge in [0.2, 0.25) is 0 Å². The van der Waals surface area contributed by atoms with E-state index in [1.54, 1.807) is 55.4 Å². The van der Waals surface area contributed by atoms with Crippen LogP contribution in [-0.4, -0.2) is 153 Å². The number of carbonyl (C=O) groups is 1. The molecule has 3 saturated heterocycles. The first-order chi connectivity index (χ1) is 25.4. The van der Waals surface area contributed by atoms with Crippen LogP contribution in [0.4, 0.5) is 0 Å². The molecule has 3 rings (SSSR count). The quantitative estimate of drug-likeness (QED) is 0.0644. The van der Waals surface area contributed by atoms with Crippen LogP contribution >= 0.6 is 12.6 Å². The summed E-state index contributed by atoms with van der Waals surface area (Å²) < 4.78 is 37.2. The van der Waals surface area contributed by atoms with E-state index in [1.165, 1.54) is 19.4 Å². The van der Waals surface area contributed by atoms with Crippen molar-refractivity contribution in [2.75, 3.05) is 21.2 Å². The first-order valence-corrected chi connectivity index (χ1v) is 19.6. The number of oxime groups is 1. The molecule has 18 atom stereocenters. The van der Waals surface area contributed by atoms with Crippen LogP contribution in [-0.2, 0) is 33.2 Å². The molecule has 0 bridgehead atoms. The van der Waals surface area contributed by atoms with Gasteiger partial charge in [0.1, 0.15) is 29.3 Å². The highest BCUT2D eigenvalue weighted by Gasteiger charge is 2.53. The molecule has 320 valence electrons. The second kappa shape index (κ2) is 20.3. The number of nitrogens with zero attached hydrogens (tertiary/aromatic N) is 3. The minimum absolute atomic E-state index is 0.0657. The van der Waals surface area contributed by atoms with Crippen LogP contribution in [0, 0.1) is 34.3 Å². The number of hydrogen-bond donors (Lipinski definition) is 7. The third kappa shape index (κ3) is 11.5. The van der Waals surface area contributed by atoms with Crippen molar-refractivity contribution in [3.8, 4) is 5.40 Å². The summed E-state index contributed by atoms with van der Waals surface area (Å²) in [5.41, 5.74) is -4.68. The molecule has 0 saturated carbocycles. The van der Waals surface area contributed by atoms with Gasteiger partial charge in [-0.1, -0.05) is 45.5 Å². The molecule has 3 heterocycles. The predicted molar refractivity (Wildman–Crippen MR) is 205 cm³/mol. The SMILES string of the molecule is CC[C@H]1OC(=O)[C@H](C)[C@@H](O[C@H]2C[C@@](C)(OC)[C@@H](O)[C@H](C)O2)[C@H](C)[C@@H](O[C@@H]2O[C@H](C)C[C@H](N(C)C)[C@H]2O)[C@](C)(O)C[C@@H](C)/C(=N\O)[C@H](C)[C@@H](O)[C@]1(C)O.N#CS. The van der Waals surface area contributed by atoms with Crippen LogP contribution in [0.25, 0.3) is 0 Å². The van der Waals surface area contributed by atoms with Crippen LogP contribution in [0.1, 0.15) is 94.9 Å². The van der Waals surface area contributed by atoms with Crippen LogP contribution in [0.3, 0.4) is 0 Å². The summed E-state index contributed by atoms with van der Waals surface area (Å²) in [6.45, 7) is 16.6. The number of hydrogen-bond acceptors (Lipinski definition) is 17. The molecule has 16 nitrogen and oxygen atoms in total. The number of rotatable bonds is 7. The molecule has 17 heteroatoms. The maximum absolute atomic E-state index is 14.1. The molecular formula is C38H69N3O13S. The van der Waals surface area contributed by atoms with E-state index in [4.69, 9.17) is 33.7 Å². The van der Waals surface area contributed by atoms with Gasteiger partial charge < -0.3 is 64.1 Å². The summed E-state index contributed by atoms with van der Waals surface area (Å²) in [6, 6.07) is -0.322. The standard InChI is InChI=1S/C37H68N2O13.CHNS/c1-14-25-37(10,45)30(41)20(4)27(38-46)18(2)16-35(8,44)32(52-34-28(40)24(39(11)12)15-19(3)48-34)21(5)29(22(6)33(43)50-25)51-26-17-36(9,47-13)31(42)23(7)49-26;2-1-3/h18-26,28-32,34,40-42,44-46H,14-17H2,1-13H3;3H/b38-27+;/t18-,19-,20+,21+,22-,23+,24+,25-,26+,28-,29+,30-,31+,32-,34+,35-,36-,37-;/m1./s1. The van der Waals surface area contributed by atoms with Crippen molar-refractivity contribution < 1.29 is 64.0 Å². The first-order valence-electron chi connectivity index (χ1n) is 19.2. The third-order valence-electron chi connectivity index (χ3n) is 12.0. The molecule has 3 aliphatic rings. The monoisotopic (exact) mass is 807 g/mol. The van der Waals surface area contributed by atoms with E-state index in [0.29, 0.717) is 6.42 Å². The third-order valence-corrected chi connectivity index (χ3v) is 12.0. The molecule has 3 aliphatic heterocycles. The fourth-order valence-corrected chi connectivity index (χ4v) is 8.61. The fraction of sp³-hybridized carbons (Fsp3) is 0.921. The maximum atomic E-state index is 14.1. The summed E-state index contributed by atoms with van der Waals surface area (Å²) >= 11 is 3.09. The van der Waals surface area contributed by atoms with Crippen molar-refractivity contribution in [3.05, 3.63) is 0 Å². The van der Waals surface area contributed by atoms with Crippen molar-refractivity contribution >= 4 is 24.3 Å². The van der Waals surface area contributed by atoms with Crippen LogP contribution in [0.2, 0.25) is 0 Å². The number of aliphatic hydroxyl groups is 5. The number of likely N-dealkylation sites (N-methyl/N-ethyl adjacent to an activating group) is 1. The van der Waals surface area contributed by atoms with Gasteiger partial charge in [-0.2, -0.15) is 5.26 Å². The number of esters is 1.